The number of hydrogen-bond acceptors (Lipinski definition) is 5. The molecule has 1 aromatic heterocycles. The smallest absolute Gasteiger partial charge is 0.303 e. The molecular weight excluding hydrogens is 360 g/mol. The average Bonchev–Trinajstić information content (AvgIpc) is 2.99. The van der Waals surface area contributed by atoms with E-state index in [0.29, 0.717) is 22.6 Å². The lowest BCUT2D eigenvalue weighted by molar-refractivity contribution is -0.138. The van der Waals surface area contributed by atoms with Gasteiger partial charge in [0.05, 0.1) is 10.5 Å². The lowest BCUT2D eigenvalue weighted by Crippen LogP contribution is -1.99. The van der Waals surface area contributed by atoms with Gasteiger partial charge in [0.25, 0.3) is 0 Å². The van der Waals surface area contributed by atoms with E-state index >= 15 is 0 Å². The van der Waals surface area contributed by atoms with E-state index in [2.05, 4.69) is 5.16 Å². The first-order valence-corrected chi connectivity index (χ1v) is 8.73. The molecule has 0 aliphatic rings. The molecule has 0 N–H and O–H groups in total. The van der Waals surface area contributed by atoms with Crippen LogP contribution in [0.5, 0.6) is 0 Å². The van der Waals surface area contributed by atoms with Crippen LogP contribution in [-0.2, 0) is 9.53 Å². The molecule has 0 amide bonds. The third kappa shape index (κ3) is 3.77. The zero-order chi connectivity index (χ0) is 18.7. The molecule has 3 rings (SSSR count). The quantitative estimate of drug-likeness (QED) is 0.348. The van der Waals surface area contributed by atoms with Gasteiger partial charge in [-0.1, -0.05) is 47.3 Å². The number of aryl methyl sites for hydroxylation is 1. The minimum absolute atomic E-state index is 0.163. The molecule has 4 nitrogen and oxygen atoms in total. The first-order chi connectivity index (χ1) is 12.5. The Morgan fingerprint density at radius 1 is 1.15 bits per heavy atom. The van der Waals surface area contributed by atoms with Crippen LogP contribution in [0.1, 0.15) is 12.7 Å². The van der Waals surface area contributed by atoms with E-state index in [1.54, 1.807) is 6.92 Å². The molecule has 1 heterocycles. The van der Waals surface area contributed by atoms with Gasteiger partial charge in [-0.25, -0.2) is 8.78 Å². The van der Waals surface area contributed by atoms with Crippen molar-refractivity contribution in [1.29, 1.82) is 0 Å². The third-order valence-corrected chi connectivity index (χ3v) is 4.58. The van der Waals surface area contributed by atoms with Crippen LogP contribution in [0.15, 0.2) is 51.9 Å². The van der Waals surface area contributed by atoms with Gasteiger partial charge in [-0.3, -0.25) is 4.79 Å². The molecule has 3 aromatic rings. The maximum atomic E-state index is 14.4. The number of rotatable bonds is 5. The highest BCUT2D eigenvalue weighted by molar-refractivity contribution is 7.99. The molecule has 0 aliphatic heterocycles. The van der Waals surface area contributed by atoms with Crippen LogP contribution < -0.4 is 0 Å². The van der Waals surface area contributed by atoms with Gasteiger partial charge in [-0.15, -0.1) is 0 Å². The Morgan fingerprint density at radius 2 is 1.81 bits per heavy atom. The average molecular weight is 375 g/mol. The van der Waals surface area contributed by atoms with E-state index in [-0.39, 0.29) is 10.8 Å². The summed E-state index contributed by atoms with van der Waals surface area (Å²) in [6, 6.07) is 11.7. The van der Waals surface area contributed by atoms with Crippen molar-refractivity contribution in [2.24, 2.45) is 0 Å². The number of hydrogen-bond donors (Lipinski definition) is 0. The number of benzene rings is 2. The Labute approximate surface area is 153 Å². The van der Waals surface area contributed by atoms with Gasteiger partial charge in [-0.2, -0.15) is 0 Å². The molecule has 0 unspecified atom stereocenters. The fourth-order valence-electron chi connectivity index (χ4n) is 2.52. The van der Waals surface area contributed by atoms with Crippen molar-refractivity contribution in [2.45, 2.75) is 18.7 Å². The highest BCUT2D eigenvalue weighted by Gasteiger charge is 2.20. The summed E-state index contributed by atoms with van der Waals surface area (Å²) < 4.78 is 38.8. The van der Waals surface area contributed by atoms with Crippen LogP contribution >= 0.6 is 11.8 Å². The van der Waals surface area contributed by atoms with Gasteiger partial charge in [0.2, 0.25) is 0 Å². The normalized spacial score (nSPS) is 10.8. The maximum Gasteiger partial charge on any atom is 0.303 e. The number of carbonyl (C=O) groups excluding carboxylic acids is 1. The predicted molar refractivity (Wildman–Crippen MR) is 94.5 cm³/mol. The van der Waals surface area contributed by atoms with Crippen molar-refractivity contribution < 1.29 is 22.8 Å². The Hall–Kier alpha value is -2.67. The largest absolute Gasteiger partial charge is 0.454 e. The molecule has 7 heteroatoms. The van der Waals surface area contributed by atoms with Crippen LogP contribution in [0.3, 0.4) is 0 Å². The van der Waals surface area contributed by atoms with Crippen molar-refractivity contribution >= 4 is 17.7 Å². The highest BCUT2D eigenvalue weighted by atomic mass is 32.2. The summed E-state index contributed by atoms with van der Waals surface area (Å²) in [5.74, 6) is -1.69. The summed E-state index contributed by atoms with van der Waals surface area (Å²) in [5, 5.41) is 4.03. The van der Waals surface area contributed by atoms with E-state index < -0.39 is 17.6 Å². The van der Waals surface area contributed by atoms with Crippen LogP contribution in [0.2, 0.25) is 0 Å². The van der Waals surface area contributed by atoms with Gasteiger partial charge in [-0.05, 0) is 24.6 Å². The molecule has 0 saturated heterocycles. The molecule has 0 bridgehead atoms. The SMILES string of the molecule is CC(=O)OCSc1c(F)cc(-c2c(-c3ccccc3)noc2C)cc1F. The first-order valence-electron chi connectivity index (χ1n) is 7.74. The van der Waals surface area contributed by atoms with Gasteiger partial charge in [0, 0.05) is 12.5 Å². The fraction of sp³-hybridized carbons (Fsp3) is 0.158. The summed E-state index contributed by atoms with van der Waals surface area (Å²) >= 11 is 0.781. The number of aromatic nitrogens is 1. The number of halogens is 2. The lowest BCUT2D eigenvalue weighted by Gasteiger charge is -2.09. The summed E-state index contributed by atoms with van der Waals surface area (Å²) in [5.41, 5.74) is 2.16. The van der Waals surface area contributed by atoms with E-state index in [0.717, 1.165) is 17.3 Å². The summed E-state index contributed by atoms with van der Waals surface area (Å²) in [6.45, 7) is 2.92. The van der Waals surface area contributed by atoms with Crippen LogP contribution in [0.4, 0.5) is 8.78 Å². The van der Waals surface area contributed by atoms with Gasteiger partial charge < -0.3 is 9.26 Å². The zero-order valence-corrected chi connectivity index (χ0v) is 14.9. The number of ether oxygens (including phenoxy) is 1. The Kier molecular flexibility index (Phi) is 5.37. The minimum Gasteiger partial charge on any atom is -0.454 e. The molecule has 0 atom stereocenters. The molecule has 2 aromatic carbocycles. The summed E-state index contributed by atoms with van der Waals surface area (Å²) in [4.78, 5) is 10.6. The molecule has 0 radical (unpaired) electrons. The second-order valence-corrected chi connectivity index (χ2v) is 6.43. The summed E-state index contributed by atoms with van der Waals surface area (Å²) in [7, 11) is 0. The van der Waals surface area contributed by atoms with Crippen LogP contribution in [0, 0.1) is 18.6 Å². The zero-order valence-electron chi connectivity index (χ0n) is 14.1. The van der Waals surface area contributed by atoms with Crippen molar-refractivity contribution in [3.8, 4) is 22.4 Å². The monoisotopic (exact) mass is 375 g/mol. The standard InChI is InChI=1S/C19H15F2NO3S/c1-11-17(18(22-25-11)13-6-4-3-5-7-13)14-8-15(20)19(16(21)9-14)26-10-24-12(2)23/h3-9H,10H2,1-2H3. The Balaban J connectivity index is 1.99. The topological polar surface area (TPSA) is 52.3 Å². The minimum atomic E-state index is -0.739. The van der Waals surface area contributed by atoms with Crippen molar-refractivity contribution in [1.82, 2.24) is 5.16 Å². The molecule has 0 fully saturated rings. The van der Waals surface area contributed by atoms with E-state index in [1.807, 2.05) is 30.3 Å². The van der Waals surface area contributed by atoms with Crippen molar-refractivity contribution in [3.05, 3.63) is 59.9 Å². The van der Waals surface area contributed by atoms with Crippen molar-refractivity contribution in [3.63, 3.8) is 0 Å². The Bertz CT molecular complexity index is 918. The predicted octanol–water partition coefficient (Wildman–Crippen LogP) is 5.21. The summed E-state index contributed by atoms with van der Waals surface area (Å²) in [6.07, 6.45) is 0. The van der Waals surface area contributed by atoms with Gasteiger partial charge in [0.15, 0.2) is 0 Å². The van der Waals surface area contributed by atoms with Gasteiger partial charge in [0.1, 0.15) is 29.0 Å². The number of thioether (sulfide) groups is 1. The highest BCUT2D eigenvalue weighted by Crippen LogP contribution is 2.37. The number of carbonyl (C=O) groups is 1. The van der Waals surface area contributed by atoms with E-state index in [1.165, 1.54) is 19.1 Å². The number of esters is 1. The first kappa shape index (κ1) is 18.1. The fourth-order valence-corrected chi connectivity index (χ4v) is 3.26. The molecule has 0 spiro atoms. The molecule has 0 aliphatic carbocycles. The molecular formula is C19H15F2NO3S. The maximum absolute atomic E-state index is 14.4. The lowest BCUT2D eigenvalue weighted by atomic mass is 9.99. The van der Waals surface area contributed by atoms with E-state index in [4.69, 9.17) is 9.26 Å². The second kappa shape index (κ2) is 7.70. The van der Waals surface area contributed by atoms with Crippen LogP contribution in [-0.4, -0.2) is 17.1 Å². The van der Waals surface area contributed by atoms with Crippen LogP contribution in [0.25, 0.3) is 22.4 Å². The number of nitrogens with zero attached hydrogens (tertiary/aromatic N) is 1. The van der Waals surface area contributed by atoms with Crippen molar-refractivity contribution in [2.75, 3.05) is 5.94 Å². The Morgan fingerprint density at radius 3 is 2.42 bits per heavy atom. The third-order valence-electron chi connectivity index (χ3n) is 3.66. The van der Waals surface area contributed by atoms with E-state index in [9.17, 15) is 13.6 Å². The second-order valence-electron chi connectivity index (χ2n) is 5.50. The van der Waals surface area contributed by atoms with Gasteiger partial charge >= 0.3 is 5.97 Å². The molecule has 0 saturated carbocycles. The molecule has 26 heavy (non-hydrogen) atoms. The molecule has 134 valence electrons.